The maximum Gasteiger partial charge on any atom is 0.0500 e. The second-order valence-corrected chi connectivity index (χ2v) is 6.13. The molecule has 0 saturated heterocycles. The van der Waals surface area contributed by atoms with Crippen molar-refractivity contribution >= 4 is 5.69 Å². The van der Waals surface area contributed by atoms with Gasteiger partial charge in [-0.05, 0) is 23.6 Å². The fraction of sp³-hybridized carbons (Fsp3) is 0.400. The summed E-state index contributed by atoms with van der Waals surface area (Å²) in [5, 5.41) is 3.73. The molecule has 116 valence electrons. The van der Waals surface area contributed by atoms with E-state index in [4.69, 9.17) is 0 Å². The zero-order valence-electron chi connectivity index (χ0n) is 13.5. The van der Waals surface area contributed by atoms with Gasteiger partial charge in [0, 0.05) is 25.3 Å². The Morgan fingerprint density at radius 1 is 1.00 bits per heavy atom. The first kappa shape index (κ1) is 15.1. The molecule has 0 aliphatic carbocycles. The molecule has 2 aromatic rings. The number of benzene rings is 2. The Morgan fingerprint density at radius 3 is 2.59 bits per heavy atom. The van der Waals surface area contributed by atoms with Gasteiger partial charge < -0.3 is 10.2 Å². The smallest absolute Gasteiger partial charge is 0.0500 e. The maximum absolute atomic E-state index is 3.73. The highest BCUT2D eigenvalue weighted by atomic mass is 15.2. The number of para-hydroxylation sites is 1. The van der Waals surface area contributed by atoms with Crippen LogP contribution in [0.15, 0.2) is 54.6 Å². The van der Waals surface area contributed by atoms with E-state index in [0.29, 0.717) is 6.04 Å². The average molecular weight is 294 g/mol. The number of nitrogens with zero attached hydrogens (tertiary/aromatic N) is 1. The lowest BCUT2D eigenvalue weighted by atomic mass is 10.1. The van der Waals surface area contributed by atoms with Gasteiger partial charge in [0.25, 0.3) is 0 Å². The third-order valence-electron chi connectivity index (χ3n) is 4.51. The summed E-state index contributed by atoms with van der Waals surface area (Å²) in [7, 11) is 0. The van der Waals surface area contributed by atoms with Crippen LogP contribution in [0.2, 0.25) is 0 Å². The van der Waals surface area contributed by atoms with E-state index < -0.39 is 0 Å². The van der Waals surface area contributed by atoms with Gasteiger partial charge in [-0.3, -0.25) is 0 Å². The van der Waals surface area contributed by atoms with Crippen molar-refractivity contribution in [3.05, 3.63) is 65.7 Å². The van der Waals surface area contributed by atoms with Crippen molar-refractivity contribution in [3.63, 3.8) is 0 Å². The number of unbranched alkanes of at least 4 members (excludes halogenated alkanes) is 2. The summed E-state index contributed by atoms with van der Waals surface area (Å²) in [6.45, 7) is 5.41. The minimum absolute atomic E-state index is 0.398. The third kappa shape index (κ3) is 3.50. The molecule has 1 unspecified atom stereocenters. The van der Waals surface area contributed by atoms with Crippen LogP contribution in [0.25, 0.3) is 0 Å². The Hall–Kier alpha value is -1.80. The Bertz CT molecular complexity index is 579. The molecule has 22 heavy (non-hydrogen) atoms. The van der Waals surface area contributed by atoms with E-state index in [9.17, 15) is 0 Å². The minimum atomic E-state index is 0.398. The van der Waals surface area contributed by atoms with Crippen LogP contribution in [-0.4, -0.2) is 13.1 Å². The van der Waals surface area contributed by atoms with E-state index in [1.165, 1.54) is 36.1 Å². The first-order valence-corrected chi connectivity index (χ1v) is 8.49. The van der Waals surface area contributed by atoms with Crippen LogP contribution in [0.3, 0.4) is 0 Å². The highest BCUT2D eigenvalue weighted by Gasteiger charge is 2.21. The second kappa shape index (κ2) is 7.46. The molecule has 1 aliphatic rings. The van der Waals surface area contributed by atoms with Crippen molar-refractivity contribution < 1.29 is 0 Å². The summed E-state index contributed by atoms with van der Waals surface area (Å²) in [4.78, 5) is 2.57. The van der Waals surface area contributed by atoms with Gasteiger partial charge in [-0.1, -0.05) is 68.3 Å². The number of rotatable bonds is 5. The topological polar surface area (TPSA) is 15.3 Å². The monoisotopic (exact) mass is 294 g/mol. The number of hydrogen-bond acceptors (Lipinski definition) is 2. The van der Waals surface area contributed by atoms with Crippen LogP contribution >= 0.6 is 0 Å². The molecule has 0 saturated carbocycles. The second-order valence-electron chi connectivity index (χ2n) is 6.13. The van der Waals surface area contributed by atoms with Crippen LogP contribution in [-0.2, 0) is 6.54 Å². The number of hydrogen-bond donors (Lipinski definition) is 1. The largest absolute Gasteiger partial charge is 0.369 e. The highest BCUT2D eigenvalue weighted by molar-refractivity contribution is 5.55. The Morgan fingerprint density at radius 2 is 1.77 bits per heavy atom. The Kier molecular flexibility index (Phi) is 5.12. The van der Waals surface area contributed by atoms with Crippen LogP contribution in [0, 0.1) is 0 Å². The van der Waals surface area contributed by atoms with Gasteiger partial charge in [0.05, 0.1) is 6.04 Å². The molecule has 1 atom stereocenters. The van der Waals surface area contributed by atoms with Crippen LogP contribution in [0.1, 0.15) is 43.4 Å². The van der Waals surface area contributed by atoms with Gasteiger partial charge in [0.15, 0.2) is 0 Å². The van der Waals surface area contributed by atoms with Gasteiger partial charge in [-0.15, -0.1) is 0 Å². The number of anilines is 1. The molecular weight excluding hydrogens is 268 g/mol. The quantitative estimate of drug-likeness (QED) is 0.815. The van der Waals surface area contributed by atoms with E-state index in [0.717, 1.165) is 19.6 Å². The molecule has 0 fully saturated rings. The van der Waals surface area contributed by atoms with Crippen molar-refractivity contribution in [1.82, 2.24) is 5.32 Å². The van der Waals surface area contributed by atoms with Crippen LogP contribution < -0.4 is 10.2 Å². The van der Waals surface area contributed by atoms with Gasteiger partial charge in [-0.25, -0.2) is 0 Å². The summed E-state index contributed by atoms with van der Waals surface area (Å²) in [5.41, 5.74) is 4.21. The average Bonchev–Trinajstić information content (AvgIpc) is 2.76. The summed E-state index contributed by atoms with van der Waals surface area (Å²) < 4.78 is 0. The van der Waals surface area contributed by atoms with E-state index >= 15 is 0 Å². The molecule has 0 amide bonds. The SMILES string of the molecule is CCCCCN1CC(c2ccccc2)NCc2ccccc21. The molecule has 1 aliphatic heterocycles. The van der Waals surface area contributed by atoms with Gasteiger partial charge in [-0.2, -0.15) is 0 Å². The molecule has 0 aromatic heterocycles. The molecule has 2 heteroatoms. The third-order valence-corrected chi connectivity index (χ3v) is 4.51. The highest BCUT2D eigenvalue weighted by Crippen LogP contribution is 2.28. The molecule has 2 nitrogen and oxygen atoms in total. The first-order chi connectivity index (χ1) is 10.9. The van der Waals surface area contributed by atoms with Crippen LogP contribution in [0.4, 0.5) is 5.69 Å². The van der Waals surface area contributed by atoms with Crippen molar-refractivity contribution in [2.45, 2.75) is 38.8 Å². The number of nitrogens with one attached hydrogen (secondary N) is 1. The standard InChI is InChI=1S/C20H26N2/c1-2-3-9-14-22-16-19(17-10-5-4-6-11-17)21-15-18-12-7-8-13-20(18)22/h4-8,10-13,19,21H,2-3,9,14-16H2,1H3. The Labute approximate surface area is 134 Å². The van der Waals surface area contributed by atoms with Gasteiger partial charge in [0.2, 0.25) is 0 Å². The lowest BCUT2D eigenvalue weighted by Crippen LogP contribution is -2.32. The molecular formula is C20H26N2. The predicted molar refractivity (Wildman–Crippen MR) is 94.2 cm³/mol. The molecule has 1 heterocycles. The maximum atomic E-state index is 3.73. The zero-order chi connectivity index (χ0) is 15.2. The molecule has 2 aromatic carbocycles. The number of fused-ring (bicyclic) bond motifs is 1. The fourth-order valence-electron chi connectivity index (χ4n) is 3.26. The van der Waals surface area contributed by atoms with Gasteiger partial charge >= 0.3 is 0 Å². The van der Waals surface area contributed by atoms with E-state index in [1.54, 1.807) is 0 Å². The summed E-state index contributed by atoms with van der Waals surface area (Å²) in [6.07, 6.45) is 3.85. The van der Waals surface area contributed by atoms with Crippen molar-refractivity contribution in [2.75, 3.05) is 18.0 Å². The van der Waals surface area contributed by atoms with E-state index in [1.807, 2.05) is 0 Å². The molecule has 1 N–H and O–H groups in total. The summed E-state index contributed by atoms with van der Waals surface area (Å²) in [6, 6.07) is 20.1. The van der Waals surface area contributed by atoms with E-state index in [-0.39, 0.29) is 0 Å². The van der Waals surface area contributed by atoms with Crippen molar-refractivity contribution in [2.24, 2.45) is 0 Å². The summed E-state index contributed by atoms with van der Waals surface area (Å²) >= 11 is 0. The lowest BCUT2D eigenvalue weighted by molar-refractivity contribution is 0.533. The predicted octanol–water partition coefficient (Wildman–Crippen LogP) is 4.53. The van der Waals surface area contributed by atoms with Crippen molar-refractivity contribution in [3.8, 4) is 0 Å². The molecule has 0 spiro atoms. The zero-order valence-corrected chi connectivity index (χ0v) is 13.5. The summed E-state index contributed by atoms with van der Waals surface area (Å²) in [5.74, 6) is 0. The molecule has 0 bridgehead atoms. The van der Waals surface area contributed by atoms with E-state index in [2.05, 4.69) is 71.7 Å². The first-order valence-electron chi connectivity index (χ1n) is 8.49. The Balaban J connectivity index is 1.82. The van der Waals surface area contributed by atoms with Gasteiger partial charge in [0.1, 0.15) is 0 Å². The normalized spacial score (nSPS) is 17.9. The molecule has 3 rings (SSSR count). The van der Waals surface area contributed by atoms with Crippen LogP contribution in [0.5, 0.6) is 0 Å². The van der Waals surface area contributed by atoms with Crippen molar-refractivity contribution in [1.29, 1.82) is 0 Å². The fourth-order valence-corrected chi connectivity index (χ4v) is 3.26. The minimum Gasteiger partial charge on any atom is -0.369 e. The lowest BCUT2D eigenvalue weighted by Gasteiger charge is -2.28. The molecule has 0 radical (unpaired) electrons.